The molecule has 0 aliphatic carbocycles. The summed E-state index contributed by atoms with van der Waals surface area (Å²) in [5, 5.41) is 7.04. The van der Waals surface area contributed by atoms with E-state index in [-0.39, 0.29) is 12.1 Å². The van der Waals surface area contributed by atoms with Gasteiger partial charge >= 0.3 is 6.03 Å². The zero-order valence-electron chi connectivity index (χ0n) is 15.3. The minimum Gasteiger partial charge on any atom is -0.496 e. The van der Waals surface area contributed by atoms with Gasteiger partial charge in [0.15, 0.2) is 0 Å². The van der Waals surface area contributed by atoms with E-state index in [1.165, 1.54) is 0 Å². The van der Waals surface area contributed by atoms with Gasteiger partial charge in [-0.25, -0.2) is 4.79 Å². The van der Waals surface area contributed by atoms with Crippen LogP contribution < -0.4 is 10.1 Å². The first-order valence-corrected chi connectivity index (χ1v) is 9.76. The van der Waals surface area contributed by atoms with Crippen LogP contribution in [-0.2, 0) is 0 Å². The lowest BCUT2D eigenvalue weighted by Gasteiger charge is -2.22. The van der Waals surface area contributed by atoms with Crippen molar-refractivity contribution in [2.45, 2.75) is 18.9 Å². The van der Waals surface area contributed by atoms with Gasteiger partial charge in [-0.15, -0.1) is 0 Å². The summed E-state index contributed by atoms with van der Waals surface area (Å²) in [6, 6.07) is 14.6. The molecular formula is C20H19BrN4O3. The van der Waals surface area contributed by atoms with Crippen LogP contribution in [0.3, 0.4) is 0 Å². The van der Waals surface area contributed by atoms with Gasteiger partial charge in [0, 0.05) is 11.0 Å². The van der Waals surface area contributed by atoms with Gasteiger partial charge in [0.2, 0.25) is 11.7 Å². The molecule has 4 rings (SSSR count). The SMILES string of the molecule is COc1ccccc1-c1noc([C@H]2CCCN2C(=O)Nc2ccccc2Br)n1. The van der Waals surface area contributed by atoms with E-state index in [1.54, 1.807) is 12.0 Å². The summed E-state index contributed by atoms with van der Waals surface area (Å²) in [6.07, 6.45) is 1.65. The van der Waals surface area contributed by atoms with Crippen LogP contribution in [0, 0.1) is 0 Å². The summed E-state index contributed by atoms with van der Waals surface area (Å²) < 4.78 is 11.7. The van der Waals surface area contributed by atoms with Gasteiger partial charge in [-0.2, -0.15) is 4.98 Å². The molecule has 0 radical (unpaired) electrons. The molecule has 1 aliphatic rings. The highest BCUT2D eigenvalue weighted by molar-refractivity contribution is 9.10. The molecule has 0 unspecified atom stereocenters. The predicted molar refractivity (Wildman–Crippen MR) is 108 cm³/mol. The Morgan fingerprint density at radius 2 is 2.04 bits per heavy atom. The van der Waals surface area contributed by atoms with Crippen LogP contribution in [-0.4, -0.2) is 34.7 Å². The van der Waals surface area contributed by atoms with Gasteiger partial charge in [0.25, 0.3) is 0 Å². The first kappa shape index (κ1) is 18.5. The molecular weight excluding hydrogens is 424 g/mol. The molecule has 1 aromatic heterocycles. The Bertz CT molecular complexity index is 991. The predicted octanol–water partition coefficient (Wildman–Crippen LogP) is 4.88. The molecule has 1 N–H and O–H groups in total. The fourth-order valence-electron chi connectivity index (χ4n) is 3.33. The number of ether oxygens (including phenoxy) is 1. The molecule has 28 heavy (non-hydrogen) atoms. The number of nitrogens with one attached hydrogen (secondary N) is 1. The first-order valence-electron chi connectivity index (χ1n) is 8.96. The second-order valence-electron chi connectivity index (χ2n) is 6.42. The second-order valence-corrected chi connectivity index (χ2v) is 7.27. The average molecular weight is 443 g/mol. The van der Waals surface area contributed by atoms with Crippen LogP contribution in [0.2, 0.25) is 0 Å². The van der Waals surface area contributed by atoms with Crippen molar-refractivity contribution in [3.05, 3.63) is 58.9 Å². The van der Waals surface area contributed by atoms with Crippen LogP contribution in [0.4, 0.5) is 10.5 Å². The lowest BCUT2D eigenvalue weighted by Crippen LogP contribution is -2.34. The first-order chi connectivity index (χ1) is 13.7. The minimum absolute atomic E-state index is 0.188. The number of urea groups is 1. The van der Waals surface area contributed by atoms with Gasteiger partial charge in [0.1, 0.15) is 11.8 Å². The standard InChI is InChI=1S/C20H19BrN4O3/c1-27-17-11-5-2-7-13(17)18-23-19(28-24-18)16-10-6-12-25(16)20(26)22-15-9-4-3-8-14(15)21/h2-5,7-9,11,16H,6,10,12H2,1H3,(H,22,26)/t16-/m1/s1. The quantitative estimate of drug-likeness (QED) is 0.622. The Labute approximate surface area is 170 Å². The molecule has 0 bridgehead atoms. The zero-order valence-corrected chi connectivity index (χ0v) is 16.8. The number of rotatable bonds is 4. The van der Waals surface area contributed by atoms with Crippen molar-refractivity contribution in [2.24, 2.45) is 0 Å². The van der Waals surface area contributed by atoms with Crippen molar-refractivity contribution in [3.8, 4) is 17.1 Å². The number of hydrogen-bond acceptors (Lipinski definition) is 5. The van der Waals surface area contributed by atoms with E-state index in [0.717, 1.165) is 28.6 Å². The normalized spacial score (nSPS) is 16.2. The van der Waals surface area contributed by atoms with Gasteiger partial charge in [-0.05, 0) is 53.0 Å². The maximum absolute atomic E-state index is 12.8. The fourth-order valence-corrected chi connectivity index (χ4v) is 3.71. The topological polar surface area (TPSA) is 80.5 Å². The van der Waals surface area contributed by atoms with Gasteiger partial charge in [0.05, 0.1) is 18.4 Å². The molecule has 2 heterocycles. The third-order valence-electron chi connectivity index (χ3n) is 4.70. The molecule has 144 valence electrons. The van der Waals surface area contributed by atoms with E-state index in [1.807, 2.05) is 48.5 Å². The number of likely N-dealkylation sites (tertiary alicyclic amines) is 1. The van der Waals surface area contributed by atoms with E-state index < -0.39 is 0 Å². The summed E-state index contributed by atoms with van der Waals surface area (Å²) in [5.74, 6) is 1.55. The molecule has 2 aromatic carbocycles. The highest BCUT2D eigenvalue weighted by Crippen LogP contribution is 2.34. The Morgan fingerprint density at radius 3 is 2.86 bits per heavy atom. The Morgan fingerprint density at radius 1 is 1.25 bits per heavy atom. The van der Waals surface area contributed by atoms with Crippen molar-refractivity contribution >= 4 is 27.6 Å². The molecule has 1 saturated heterocycles. The highest BCUT2D eigenvalue weighted by Gasteiger charge is 2.34. The van der Waals surface area contributed by atoms with Crippen LogP contribution in [0.25, 0.3) is 11.4 Å². The van der Waals surface area contributed by atoms with Crippen LogP contribution in [0.5, 0.6) is 5.75 Å². The number of carbonyl (C=O) groups excluding carboxylic acids is 1. The van der Waals surface area contributed by atoms with E-state index >= 15 is 0 Å². The Balaban J connectivity index is 1.55. The van der Waals surface area contributed by atoms with E-state index in [2.05, 4.69) is 31.4 Å². The van der Waals surface area contributed by atoms with Crippen molar-refractivity contribution in [3.63, 3.8) is 0 Å². The monoisotopic (exact) mass is 442 g/mol. The lowest BCUT2D eigenvalue weighted by atomic mass is 10.2. The minimum atomic E-state index is -0.251. The molecule has 1 atom stereocenters. The van der Waals surface area contributed by atoms with E-state index in [9.17, 15) is 4.79 Å². The Hall–Kier alpha value is -2.87. The average Bonchev–Trinajstić information content (AvgIpc) is 3.39. The van der Waals surface area contributed by atoms with Gasteiger partial charge in [-0.1, -0.05) is 29.4 Å². The molecule has 1 fully saturated rings. The number of anilines is 1. The Kier molecular flexibility index (Phi) is 5.29. The van der Waals surface area contributed by atoms with Crippen LogP contribution in [0.1, 0.15) is 24.8 Å². The zero-order chi connectivity index (χ0) is 19.5. The third-order valence-corrected chi connectivity index (χ3v) is 5.40. The third kappa shape index (κ3) is 3.60. The smallest absolute Gasteiger partial charge is 0.322 e. The number of benzene rings is 2. The number of hydrogen-bond donors (Lipinski definition) is 1. The maximum Gasteiger partial charge on any atom is 0.322 e. The maximum atomic E-state index is 12.8. The number of methoxy groups -OCH3 is 1. The second kappa shape index (κ2) is 8.02. The van der Waals surface area contributed by atoms with Gasteiger partial charge in [-0.3, -0.25) is 0 Å². The summed E-state index contributed by atoms with van der Waals surface area (Å²) in [6.45, 7) is 0.632. The summed E-state index contributed by atoms with van der Waals surface area (Å²) in [7, 11) is 1.60. The lowest BCUT2D eigenvalue weighted by molar-refractivity contribution is 0.193. The van der Waals surface area contributed by atoms with Crippen molar-refractivity contribution < 1.29 is 14.1 Å². The number of para-hydroxylation sites is 2. The van der Waals surface area contributed by atoms with Gasteiger partial charge < -0.3 is 19.5 Å². The number of amides is 2. The van der Waals surface area contributed by atoms with E-state index in [0.29, 0.717) is 24.0 Å². The molecule has 7 nitrogen and oxygen atoms in total. The molecule has 1 aliphatic heterocycles. The van der Waals surface area contributed by atoms with Crippen LogP contribution >= 0.6 is 15.9 Å². The number of carbonyl (C=O) groups is 1. The van der Waals surface area contributed by atoms with Crippen molar-refractivity contribution in [1.82, 2.24) is 15.0 Å². The fraction of sp³-hybridized carbons (Fsp3) is 0.250. The molecule has 0 spiro atoms. The molecule has 3 aromatic rings. The number of nitrogens with zero attached hydrogens (tertiary/aromatic N) is 3. The molecule has 2 amide bonds. The molecule has 8 heteroatoms. The highest BCUT2D eigenvalue weighted by atomic mass is 79.9. The summed E-state index contributed by atoms with van der Waals surface area (Å²) in [5.41, 5.74) is 1.47. The van der Waals surface area contributed by atoms with Crippen LogP contribution in [0.15, 0.2) is 57.5 Å². The summed E-state index contributed by atoms with van der Waals surface area (Å²) >= 11 is 3.45. The number of halogens is 1. The summed E-state index contributed by atoms with van der Waals surface area (Å²) in [4.78, 5) is 19.1. The molecule has 0 saturated carbocycles. The largest absolute Gasteiger partial charge is 0.496 e. The van der Waals surface area contributed by atoms with Crippen molar-refractivity contribution in [2.75, 3.05) is 19.0 Å². The van der Waals surface area contributed by atoms with Crippen molar-refractivity contribution in [1.29, 1.82) is 0 Å². The van der Waals surface area contributed by atoms with E-state index in [4.69, 9.17) is 9.26 Å². The number of aromatic nitrogens is 2.